The summed E-state index contributed by atoms with van der Waals surface area (Å²) < 4.78 is 6.78. The molecule has 1 amide bonds. The van der Waals surface area contributed by atoms with Gasteiger partial charge in [0.25, 0.3) is 5.91 Å². The SMILES string of the molecule is Cc1ccc2c(CCNC(=O)c3ccon3)cn(C)c2c1. The third-order valence-corrected chi connectivity index (χ3v) is 3.58. The molecule has 0 bridgehead atoms. The van der Waals surface area contributed by atoms with Crippen molar-refractivity contribution in [3.63, 3.8) is 0 Å². The highest BCUT2D eigenvalue weighted by Gasteiger charge is 2.10. The van der Waals surface area contributed by atoms with Crippen molar-refractivity contribution in [2.45, 2.75) is 13.3 Å². The topological polar surface area (TPSA) is 60.1 Å². The van der Waals surface area contributed by atoms with E-state index in [1.165, 1.54) is 28.3 Å². The highest BCUT2D eigenvalue weighted by Crippen LogP contribution is 2.22. The van der Waals surface area contributed by atoms with Crippen LogP contribution in [-0.4, -0.2) is 22.2 Å². The molecule has 0 spiro atoms. The average molecular weight is 283 g/mol. The molecule has 0 saturated heterocycles. The summed E-state index contributed by atoms with van der Waals surface area (Å²) in [6, 6.07) is 7.97. The molecule has 1 N–H and O–H groups in total. The van der Waals surface area contributed by atoms with Gasteiger partial charge in [0.15, 0.2) is 5.69 Å². The van der Waals surface area contributed by atoms with Crippen LogP contribution in [0.2, 0.25) is 0 Å². The molecule has 0 radical (unpaired) electrons. The van der Waals surface area contributed by atoms with Gasteiger partial charge < -0.3 is 14.4 Å². The molecule has 0 unspecified atom stereocenters. The predicted molar refractivity (Wildman–Crippen MR) is 80.2 cm³/mol. The number of aromatic nitrogens is 2. The summed E-state index contributed by atoms with van der Waals surface area (Å²) in [7, 11) is 2.04. The van der Waals surface area contributed by atoms with Gasteiger partial charge in [-0.1, -0.05) is 17.3 Å². The minimum atomic E-state index is -0.208. The number of amides is 1. The lowest BCUT2D eigenvalue weighted by atomic mass is 10.1. The van der Waals surface area contributed by atoms with Crippen molar-refractivity contribution >= 4 is 16.8 Å². The molecule has 0 aliphatic rings. The third kappa shape index (κ3) is 2.67. The molecule has 0 saturated carbocycles. The first kappa shape index (κ1) is 13.4. The van der Waals surface area contributed by atoms with Gasteiger partial charge >= 0.3 is 0 Å². The van der Waals surface area contributed by atoms with Crippen LogP contribution in [0.15, 0.2) is 41.2 Å². The predicted octanol–water partition coefficient (Wildman–Crippen LogP) is 2.45. The van der Waals surface area contributed by atoms with Crippen molar-refractivity contribution in [1.29, 1.82) is 0 Å². The van der Waals surface area contributed by atoms with Crippen molar-refractivity contribution in [2.75, 3.05) is 6.54 Å². The van der Waals surface area contributed by atoms with Crippen molar-refractivity contribution < 1.29 is 9.32 Å². The molecule has 2 aromatic heterocycles. The van der Waals surface area contributed by atoms with Crippen LogP contribution in [0.1, 0.15) is 21.6 Å². The minimum absolute atomic E-state index is 0.208. The molecule has 0 aliphatic carbocycles. The molecule has 2 heterocycles. The molecule has 5 nitrogen and oxygen atoms in total. The van der Waals surface area contributed by atoms with Gasteiger partial charge in [-0.25, -0.2) is 0 Å². The Balaban J connectivity index is 1.70. The van der Waals surface area contributed by atoms with Crippen LogP contribution >= 0.6 is 0 Å². The highest BCUT2D eigenvalue weighted by molar-refractivity contribution is 5.92. The van der Waals surface area contributed by atoms with Crippen molar-refractivity contribution in [2.24, 2.45) is 7.05 Å². The highest BCUT2D eigenvalue weighted by atomic mass is 16.5. The van der Waals surface area contributed by atoms with E-state index in [0.717, 1.165) is 6.42 Å². The van der Waals surface area contributed by atoms with E-state index in [0.29, 0.717) is 12.2 Å². The summed E-state index contributed by atoms with van der Waals surface area (Å²) in [5, 5.41) is 7.70. The molecule has 21 heavy (non-hydrogen) atoms. The normalized spacial score (nSPS) is 11.0. The number of carbonyl (C=O) groups excluding carboxylic acids is 1. The number of benzene rings is 1. The number of rotatable bonds is 4. The lowest BCUT2D eigenvalue weighted by molar-refractivity contribution is 0.0945. The van der Waals surface area contributed by atoms with Crippen LogP contribution in [0, 0.1) is 6.92 Å². The fourth-order valence-electron chi connectivity index (χ4n) is 2.51. The molecule has 1 aromatic carbocycles. The summed E-state index contributed by atoms with van der Waals surface area (Å²) in [5.74, 6) is -0.208. The Hall–Kier alpha value is -2.56. The molecule has 0 atom stereocenters. The second-order valence-corrected chi connectivity index (χ2v) is 5.18. The van der Waals surface area contributed by atoms with Gasteiger partial charge in [0, 0.05) is 36.8 Å². The maximum absolute atomic E-state index is 11.8. The van der Waals surface area contributed by atoms with Crippen LogP contribution in [0.25, 0.3) is 10.9 Å². The van der Waals surface area contributed by atoms with Gasteiger partial charge in [-0.15, -0.1) is 0 Å². The van der Waals surface area contributed by atoms with Crippen LogP contribution in [0.4, 0.5) is 0 Å². The molecule has 108 valence electrons. The number of fused-ring (bicyclic) bond motifs is 1. The Morgan fingerprint density at radius 2 is 2.24 bits per heavy atom. The second-order valence-electron chi connectivity index (χ2n) is 5.18. The van der Waals surface area contributed by atoms with Crippen LogP contribution in [0.5, 0.6) is 0 Å². The first-order chi connectivity index (χ1) is 10.1. The van der Waals surface area contributed by atoms with Crippen LogP contribution in [-0.2, 0) is 13.5 Å². The van der Waals surface area contributed by atoms with Crippen molar-refractivity contribution in [3.05, 3.63) is 53.5 Å². The summed E-state index contributed by atoms with van der Waals surface area (Å²) >= 11 is 0. The van der Waals surface area contributed by atoms with Crippen molar-refractivity contribution in [1.82, 2.24) is 15.0 Å². The summed E-state index contributed by atoms with van der Waals surface area (Å²) in [6.45, 7) is 2.66. The number of hydrogen-bond acceptors (Lipinski definition) is 3. The summed E-state index contributed by atoms with van der Waals surface area (Å²) in [6.07, 6.45) is 4.29. The fraction of sp³-hybridized carbons (Fsp3) is 0.250. The van der Waals surface area contributed by atoms with Crippen molar-refractivity contribution in [3.8, 4) is 0 Å². The Morgan fingerprint density at radius 1 is 1.38 bits per heavy atom. The van der Waals surface area contributed by atoms with E-state index < -0.39 is 0 Å². The van der Waals surface area contributed by atoms with Gasteiger partial charge in [0.1, 0.15) is 6.26 Å². The monoisotopic (exact) mass is 283 g/mol. The Labute approximate surface area is 122 Å². The second kappa shape index (κ2) is 5.44. The maximum atomic E-state index is 11.8. The summed E-state index contributed by atoms with van der Waals surface area (Å²) in [4.78, 5) is 11.8. The zero-order valence-corrected chi connectivity index (χ0v) is 12.1. The first-order valence-electron chi connectivity index (χ1n) is 6.88. The quantitative estimate of drug-likeness (QED) is 0.800. The Morgan fingerprint density at radius 3 is 3.00 bits per heavy atom. The van der Waals surface area contributed by atoms with Crippen LogP contribution < -0.4 is 5.32 Å². The minimum Gasteiger partial charge on any atom is -0.364 e. The fourth-order valence-corrected chi connectivity index (χ4v) is 2.51. The lowest BCUT2D eigenvalue weighted by Gasteiger charge is -2.02. The van der Waals surface area contributed by atoms with Gasteiger partial charge in [0.2, 0.25) is 0 Å². The standard InChI is InChI=1S/C16H17N3O2/c1-11-3-4-13-12(10-19(2)15(13)9-11)5-7-17-16(20)14-6-8-21-18-14/h3-4,6,8-10H,5,7H2,1-2H3,(H,17,20). The number of hydrogen-bond donors (Lipinski definition) is 1. The Bertz CT molecular complexity index is 772. The average Bonchev–Trinajstić information content (AvgIpc) is 3.08. The maximum Gasteiger partial charge on any atom is 0.273 e. The van der Waals surface area contributed by atoms with Gasteiger partial charge in [0.05, 0.1) is 0 Å². The number of nitrogens with one attached hydrogen (secondary N) is 1. The van der Waals surface area contributed by atoms with Gasteiger partial charge in [-0.2, -0.15) is 0 Å². The Kier molecular flexibility index (Phi) is 3.48. The van der Waals surface area contributed by atoms with E-state index in [9.17, 15) is 4.79 Å². The van der Waals surface area contributed by atoms with E-state index >= 15 is 0 Å². The largest absolute Gasteiger partial charge is 0.364 e. The van der Waals surface area contributed by atoms with E-state index in [1.54, 1.807) is 6.07 Å². The third-order valence-electron chi connectivity index (χ3n) is 3.58. The van der Waals surface area contributed by atoms with E-state index in [2.05, 4.69) is 50.9 Å². The smallest absolute Gasteiger partial charge is 0.273 e. The van der Waals surface area contributed by atoms with E-state index in [-0.39, 0.29) is 5.91 Å². The van der Waals surface area contributed by atoms with Gasteiger partial charge in [-0.3, -0.25) is 4.79 Å². The molecule has 3 rings (SSSR count). The zero-order valence-electron chi connectivity index (χ0n) is 12.1. The lowest BCUT2D eigenvalue weighted by Crippen LogP contribution is -2.25. The molecular formula is C16H17N3O2. The van der Waals surface area contributed by atoms with Crippen LogP contribution in [0.3, 0.4) is 0 Å². The molecule has 0 aliphatic heterocycles. The summed E-state index contributed by atoms with van der Waals surface area (Å²) in [5.41, 5.74) is 4.00. The number of nitrogens with zero attached hydrogens (tertiary/aromatic N) is 2. The molecule has 5 heteroatoms. The number of carbonyl (C=O) groups is 1. The zero-order chi connectivity index (χ0) is 14.8. The van der Waals surface area contributed by atoms with E-state index in [1.807, 2.05) is 7.05 Å². The molecule has 0 fully saturated rings. The first-order valence-corrected chi connectivity index (χ1v) is 6.88. The van der Waals surface area contributed by atoms with Gasteiger partial charge in [-0.05, 0) is 30.5 Å². The number of aryl methyl sites for hydroxylation is 2. The molecular weight excluding hydrogens is 266 g/mol. The molecule has 3 aromatic rings. The van der Waals surface area contributed by atoms with E-state index in [4.69, 9.17) is 0 Å².